The lowest BCUT2D eigenvalue weighted by Crippen LogP contribution is -2.41. The maximum absolute atomic E-state index is 13.6. The molecule has 0 unspecified atom stereocenters. The second-order valence-electron chi connectivity index (χ2n) is 5.50. The molecule has 1 aliphatic heterocycles. The van der Waals surface area contributed by atoms with Gasteiger partial charge in [-0.3, -0.25) is 0 Å². The van der Waals surface area contributed by atoms with Gasteiger partial charge in [0, 0.05) is 18.7 Å². The lowest BCUT2D eigenvalue weighted by molar-refractivity contribution is 0.268. The van der Waals surface area contributed by atoms with Crippen LogP contribution in [0.4, 0.5) is 4.39 Å². The molecule has 0 amide bonds. The van der Waals surface area contributed by atoms with E-state index in [9.17, 15) is 12.8 Å². The van der Waals surface area contributed by atoms with E-state index in [-0.39, 0.29) is 23.7 Å². The molecule has 1 aliphatic rings. The Bertz CT molecular complexity index is 560. The van der Waals surface area contributed by atoms with Crippen LogP contribution < -0.4 is 5.32 Å². The summed E-state index contributed by atoms with van der Waals surface area (Å²) in [6.45, 7) is 5.01. The molecule has 22 heavy (non-hydrogen) atoms. The van der Waals surface area contributed by atoms with E-state index < -0.39 is 15.8 Å². The first kappa shape index (κ1) is 19.4. The molecule has 7 heteroatoms. The summed E-state index contributed by atoms with van der Waals surface area (Å²) in [5.41, 5.74) is 0.243. The number of hydrogen-bond donors (Lipinski definition) is 1. The summed E-state index contributed by atoms with van der Waals surface area (Å²) >= 11 is 0. The van der Waals surface area contributed by atoms with Crippen LogP contribution >= 0.6 is 12.4 Å². The molecule has 1 aromatic rings. The second kappa shape index (κ2) is 8.82. The van der Waals surface area contributed by atoms with E-state index >= 15 is 0 Å². The van der Waals surface area contributed by atoms with Gasteiger partial charge in [-0.25, -0.2) is 17.1 Å². The SMILES string of the molecule is CCNCC1CCN(S(=O)(=O)Cc2ccccc2F)CC1.Cl. The number of rotatable bonds is 6. The monoisotopic (exact) mass is 350 g/mol. The van der Waals surface area contributed by atoms with Crippen molar-refractivity contribution < 1.29 is 12.8 Å². The predicted octanol–water partition coefficient (Wildman–Crippen LogP) is 2.40. The van der Waals surface area contributed by atoms with Crippen molar-refractivity contribution in [3.63, 3.8) is 0 Å². The first-order valence-electron chi connectivity index (χ1n) is 7.45. The minimum absolute atomic E-state index is 0. The van der Waals surface area contributed by atoms with Crippen molar-refractivity contribution in [3.8, 4) is 0 Å². The van der Waals surface area contributed by atoms with E-state index in [2.05, 4.69) is 12.2 Å². The zero-order chi connectivity index (χ0) is 15.3. The summed E-state index contributed by atoms with van der Waals surface area (Å²) in [5.74, 6) is -0.176. The first-order valence-corrected chi connectivity index (χ1v) is 9.06. The third kappa shape index (κ3) is 5.19. The van der Waals surface area contributed by atoms with Gasteiger partial charge in [0.15, 0.2) is 0 Å². The molecule has 1 heterocycles. The summed E-state index contributed by atoms with van der Waals surface area (Å²) in [4.78, 5) is 0. The quantitative estimate of drug-likeness (QED) is 0.857. The Morgan fingerprint density at radius 2 is 1.91 bits per heavy atom. The van der Waals surface area contributed by atoms with E-state index in [1.165, 1.54) is 16.4 Å². The average molecular weight is 351 g/mol. The van der Waals surface area contributed by atoms with Crippen LogP contribution in [0.25, 0.3) is 0 Å². The number of sulfonamides is 1. The fourth-order valence-corrected chi connectivity index (χ4v) is 4.22. The van der Waals surface area contributed by atoms with Crippen LogP contribution in [0.5, 0.6) is 0 Å². The van der Waals surface area contributed by atoms with E-state index in [4.69, 9.17) is 0 Å². The smallest absolute Gasteiger partial charge is 0.218 e. The van der Waals surface area contributed by atoms with Crippen molar-refractivity contribution in [2.75, 3.05) is 26.2 Å². The molecule has 1 N–H and O–H groups in total. The van der Waals surface area contributed by atoms with Gasteiger partial charge in [-0.15, -0.1) is 12.4 Å². The normalized spacial score (nSPS) is 17.2. The van der Waals surface area contributed by atoms with Gasteiger partial charge in [-0.1, -0.05) is 25.1 Å². The van der Waals surface area contributed by atoms with Gasteiger partial charge in [0.05, 0.1) is 5.75 Å². The van der Waals surface area contributed by atoms with Crippen molar-refractivity contribution >= 4 is 22.4 Å². The van der Waals surface area contributed by atoms with Crippen LogP contribution in [0.15, 0.2) is 24.3 Å². The summed E-state index contributed by atoms with van der Waals surface area (Å²) in [5, 5.41) is 3.30. The predicted molar refractivity (Wildman–Crippen MR) is 89.1 cm³/mol. The Kier molecular flexibility index (Phi) is 7.76. The molecule has 4 nitrogen and oxygen atoms in total. The highest BCUT2D eigenvalue weighted by molar-refractivity contribution is 7.88. The minimum atomic E-state index is -3.43. The maximum atomic E-state index is 13.6. The molecular formula is C15H24ClFN2O2S. The van der Waals surface area contributed by atoms with E-state index in [1.54, 1.807) is 12.1 Å². The van der Waals surface area contributed by atoms with Crippen LogP contribution in [0.1, 0.15) is 25.3 Å². The van der Waals surface area contributed by atoms with Gasteiger partial charge < -0.3 is 5.32 Å². The minimum Gasteiger partial charge on any atom is -0.317 e. The highest BCUT2D eigenvalue weighted by Gasteiger charge is 2.28. The molecule has 0 radical (unpaired) electrons. The topological polar surface area (TPSA) is 49.4 Å². The number of hydrogen-bond acceptors (Lipinski definition) is 3. The Balaban J connectivity index is 0.00000242. The largest absolute Gasteiger partial charge is 0.317 e. The molecule has 126 valence electrons. The molecule has 0 atom stereocenters. The average Bonchev–Trinajstić information content (AvgIpc) is 2.48. The number of nitrogens with zero attached hydrogens (tertiary/aromatic N) is 1. The molecule has 0 spiro atoms. The number of nitrogens with one attached hydrogen (secondary N) is 1. The van der Waals surface area contributed by atoms with Gasteiger partial charge in [-0.05, 0) is 37.9 Å². The first-order chi connectivity index (χ1) is 10.0. The van der Waals surface area contributed by atoms with E-state index in [0.717, 1.165) is 25.9 Å². The van der Waals surface area contributed by atoms with Crippen LogP contribution in [-0.2, 0) is 15.8 Å². The zero-order valence-electron chi connectivity index (χ0n) is 12.8. The summed E-state index contributed by atoms with van der Waals surface area (Å²) < 4.78 is 39.8. The Morgan fingerprint density at radius 1 is 1.27 bits per heavy atom. The van der Waals surface area contributed by atoms with Gasteiger partial charge in [0.25, 0.3) is 0 Å². The molecule has 1 fully saturated rings. The Hall–Kier alpha value is -0.690. The van der Waals surface area contributed by atoms with Crippen LogP contribution in [-0.4, -0.2) is 38.9 Å². The van der Waals surface area contributed by atoms with Gasteiger partial charge in [-0.2, -0.15) is 0 Å². The number of benzene rings is 1. The molecule has 1 aromatic carbocycles. The third-order valence-corrected chi connectivity index (χ3v) is 5.77. The molecule has 0 bridgehead atoms. The number of halogens is 2. The lowest BCUT2D eigenvalue weighted by atomic mass is 9.98. The fourth-order valence-electron chi connectivity index (χ4n) is 2.64. The van der Waals surface area contributed by atoms with Crippen molar-refractivity contribution in [2.24, 2.45) is 5.92 Å². The maximum Gasteiger partial charge on any atom is 0.218 e. The van der Waals surface area contributed by atoms with Crippen molar-refractivity contribution in [1.82, 2.24) is 9.62 Å². The fraction of sp³-hybridized carbons (Fsp3) is 0.600. The summed E-state index contributed by atoms with van der Waals surface area (Å²) in [6.07, 6.45) is 1.73. The van der Waals surface area contributed by atoms with E-state index in [1.807, 2.05) is 0 Å². The number of piperidine rings is 1. The Morgan fingerprint density at radius 3 is 2.50 bits per heavy atom. The zero-order valence-corrected chi connectivity index (χ0v) is 14.4. The molecule has 0 aliphatic carbocycles. The molecule has 1 saturated heterocycles. The van der Waals surface area contributed by atoms with Crippen LogP contribution in [0.2, 0.25) is 0 Å². The van der Waals surface area contributed by atoms with Gasteiger partial charge >= 0.3 is 0 Å². The molecule has 2 rings (SSSR count). The Labute approximate surface area is 138 Å². The summed E-state index contributed by atoms with van der Waals surface area (Å²) in [6, 6.07) is 6.06. The molecule has 0 saturated carbocycles. The van der Waals surface area contributed by atoms with Crippen molar-refractivity contribution in [3.05, 3.63) is 35.6 Å². The van der Waals surface area contributed by atoms with Gasteiger partial charge in [0.2, 0.25) is 10.0 Å². The van der Waals surface area contributed by atoms with E-state index in [0.29, 0.717) is 19.0 Å². The highest BCUT2D eigenvalue weighted by atomic mass is 35.5. The molecular weight excluding hydrogens is 327 g/mol. The second-order valence-corrected chi connectivity index (χ2v) is 7.47. The van der Waals surface area contributed by atoms with Gasteiger partial charge in [0.1, 0.15) is 5.82 Å². The van der Waals surface area contributed by atoms with Crippen LogP contribution in [0.3, 0.4) is 0 Å². The van der Waals surface area contributed by atoms with Crippen LogP contribution in [0, 0.1) is 11.7 Å². The van der Waals surface area contributed by atoms with Crippen molar-refractivity contribution in [2.45, 2.75) is 25.5 Å². The summed E-state index contributed by atoms with van der Waals surface area (Å²) in [7, 11) is -3.43. The standard InChI is InChI=1S/C15H23FN2O2S.ClH/c1-2-17-11-13-7-9-18(10-8-13)21(19,20)12-14-5-3-4-6-15(14)16;/h3-6,13,17H,2,7-12H2,1H3;1H. The third-order valence-electron chi connectivity index (χ3n) is 3.95. The highest BCUT2D eigenvalue weighted by Crippen LogP contribution is 2.21. The van der Waals surface area contributed by atoms with Crippen molar-refractivity contribution in [1.29, 1.82) is 0 Å². The molecule has 0 aromatic heterocycles. The lowest BCUT2D eigenvalue weighted by Gasteiger charge is -2.31.